The maximum Gasteiger partial charge on any atom is 0.291 e. The molecule has 0 bridgehead atoms. The fourth-order valence-corrected chi connectivity index (χ4v) is 5.28. The number of fused-ring (bicyclic) bond motifs is 1. The van der Waals surface area contributed by atoms with Crippen molar-refractivity contribution in [1.82, 2.24) is 24.4 Å². The van der Waals surface area contributed by atoms with Crippen LogP contribution >= 0.6 is 11.3 Å². The van der Waals surface area contributed by atoms with E-state index >= 15 is 0 Å². The van der Waals surface area contributed by atoms with Crippen molar-refractivity contribution in [3.63, 3.8) is 0 Å². The lowest BCUT2D eigenvalue weighted by Crippen LogP contribution is -2.23. The normalized spacial score (nSPS) is 11.7. The third-order valence-corrected chi connectivity index (χ3v) is 7.27. The van der Waals surface area contributed by atoms with Crippen molar-refractivity contribution in [2.24, 2.45) is 0 Å². The molecule has 3 heterocycles. The van der Waals surface area contributed by atoms with E-state index in [9.17, 15) is 4.79 Å². The first-order valence-corrected chi connectivity index (χ1v) is 13.4. The number of hydrogen-bond acceptors (Lipinski definition) is 8. The fourth-order valence-electron chi connectivity index (χ4n) is 4.38. The van der Waals surface area contributed by atoms with E-state index < -0.39 is 0 Å². The van der Waals surface area contributed by atoms with Gasteiger partial charge in [-0.2, -0.15) is 14.6 Å². The summed E-state index contributed by atoms with van der Waals surface area (Å²) in [7, 11) is 3.19. The molecule has 10 heteroatoms. The van der Waals surface area contributed by atoms with E-state index in [2.05, 4.69) is 10.1 Å². The van der Waals surface area contributed by atoms with Gasteiger partial charge in [-0.1, -0.05) is 29.5 Å². The maximum atomic E-state index is 13.4. The molecule has 6 aromatic rings. The number of aromatic nitrogens is 5. The van der Waals surface area contributed by atoms with E-state index in [4.69, 9.17) is 19.3 Å². The molecule has 0 aliphatic rings. The van der Waals surface area contributed by atoms with Crippen LogP contribution in [0.25, 0.3) is 39.4 Å². The molecular formula is C30H25N5O4S. The van der Waals surface area contributed by atoms with E-state index in [0.717, 1.165) is 28.1 Å². The van der Waals surface area contributed by atoms with Crippen LogP contribution in [-0.2, 0) is 0 Å². The second-order valence-corrected chi connectivity index (χ2v) is 9.80. The highest BCUT2D eigenvalue weighted by atomic mass is 32.1. The summed E-state index contributed by atoms with van der Waals surface area (Å²) in [4.78, 5) is 18.5. The fraction of sp³-hybridized carbons (Fsp3) is 0.133. The number of rotatable bonds is 8. The van der Waals surface area contributed by atoms with Crippen LogP contribution < -0.4 is 24.3 Å². The predicted molar refractivity (Wildman–Crippen MR) is 155 cm³/mol. The number of thiazole rings is 1. The first-order valence-electron chi connectivity index (χ1n) is 12.6. The second-order valence-electron chi connectivity index (χ2n) is 8.79. The van der Waals surface area contributed by atoms with E-state index in [1.165, 1.54) is 15.9 Å². The Morgan fingerprint density at radius 1 is 0.900 bits per heavy atom. The number of ether oxygens (including phenoxy) is 3. The number of methoxy groups -OCH3 is 2. The average Bonchev–Trinajstić information content (AvgIpc) is 3.69. The third-order valence-electron chi connectivity index (χ3n) is 6.31. The topological polar surface area (TPSA) is 92.8 Å². The van der Waals surface area contributed by atoms with E-state index in [-0.39, 0.29) is 5.56 Å². The minimum absolute atomic E-state index is 0.240. The second kappa shape index (κ2) is 10.7. The van der Waals surface area contributed by atoms with Gasteiger partial charge < -0.3 is 14.2 Å². The van der Waals surface area contributed by atoms with Gasteiger partial charge in [0.05, 0.1) is 31.0 Å². The molecule has 0 radical (unpaired) electrons. The van der Waals surface area contributed by atoms with Crippen LogP contribution in [0, 0.1) is 0 Å². The zero-order valence-corrected chi connectivity index (χ0v) is 22.9. The summed E-state index contributed by atoms with van der Waals surface area (Å²) in [6, 6.07) is 22.9. The van der Waals surface area contributed by atoms with Crippen molar-refractivity contribution in [3.05, 3.63) is 99.4 Å². The molecule has 0 saturated carbocycles. The zero-order chi connectivity index (χ0) is 27.6. The molecule has 0 fully saturated rings. The van der Waals surface area contributed by atoms with Gasteiger partial charge in [-0.05, 0) is 67.6 Å². The number of benzene rings is 3. The van der Waals surface area contributed by atoms with Gasteiger partial charge >= 0.3 is 0 Å². The van der Waals surface area contributed by atoms with Crippen molar-refractivity contribution in [2.75, 3.05) is 20.8 Å². The molecule has 0 saturated heterocycles. The molecule has 40 heavy (non-hydrogen) atoms. The van der Waals surface area contributed by atoms with Crippen molar-refractivity contribution in [3.8, 4) is 45.6 Å². The van der Waals surface area contributed by atoms with Crippen LogP contribution in [-0.4, -0.2) is 45.2 Å². The Kier molecular flexibility index (Phi) is 6.75. The molecule has 200 valence electrons. The molecule has 6 rings (SSSR count). The lowest BCUT2D eigenvalue weighted by Gasteiger charge is -2.09. The van der Waals surface area contributed by atoms with E-state index in [1.54, 1.807) is 18.9 Å². The van der Waals surface area contributed by atoms with Crippen molar-refractivity contribution in [2.45, 2.75) is 6.92 Å². The lowest BCUT2D eigenvalue weighted by molar-refractivity contribution is 0.340. The van der Waals surface area contributed by atoms with Gasteiger partial charge in [0.25, 0.3) is 5.56 Å². The molecular weight excluding hydrogens is 526 g/mol. The van der Waals surface area contributed by atoms with Crippen LogP contribution in [0.4, 0.5) is 0 Å². The molecule has 0 spiro atoms. The Labute approximate surface area is 233 Å². The molecule has 3 aromatic carbocycles. The van der Waals surface area contributed by atoms with Crippen molar-refractivity contribution < 1.29 is 14.2 Å². The predicted octanol–water partition coefficient (Wildman–Crippen LogP) is 4.63. The summed E-state index contributed by atoms with van der Waals surface area (Å²) >= 11 is 1.28. The van der Waals surface area contributed by atoms with Gasteiger partial charge in [-0.25, -0.2) is 4.68 Å². The van der Waals surface area contributed by atoms with Gasteiger partial charge in [-0.3, -0.25) is 4.79 Å². The maximum absolute atomic E-state index is 13.4. The molecule has 0 amide bonds. The quantitative estimate of drug-likeness (QED) is 0.272. The average molecular weight is 552 g/mol. The van der Waals surface area contributed by atoms with Crippen molar-refractivity contribution in [1.29, 1.82) is 0 Å². The Bertz CT molecular complexity index is 1910. The van der Waals surface area contributed by atoms with Crippen LogP contribution in [0.5, 0.6) is 17.2 Å². The van der Waals surface area contributed by atoms with Gasteiger partial charge in [0.15, 0.2) is 17.3 Å². The molecule has 0 aliphatic carbocycles. The Hall–Kier alpha value is -4.96. The summed E-state index contributed by atoms with van der Waals surface area (Å²) in [6.45, 7) is 2.53. The number of hydrogen-bond donors (Lipinski definition) is 0. The summed E-state index contributed by atoms with van der Waals surface area (Å²) in [5, 5.41) is 9.35. The highest BCUT2D eigenvalue weighted by molar-refractivity contribution is 7.15. The molecule has 0 aliphatic heterocycles. The van der Waals surface area contributed by atoms with Gasteiger partial charge in [0.2, 0.25) is 4.96 Å². The first kappa shape index (κ1) is 25.3. The third kappa shape index (κ3) is 4.69. The van der Waals surface area contributed by atoms with Crippen LogP contribution in [0.2, 0.25) is 0 Å². The smallest absolute Gasteiger partial charge is 0.291 e. The number of para-hydroxylation sites is 1. The van der Waals surface area contributed by atoms with E-state index in [0.29, 0.717) is 39.1 Å². The van der Waals surface area contributed by atoms with Crippen molar-refractivity contribution >= 4 is 22.4 Å². The van der Waals surface area contributed by atoms with Gasteiger partial charge in [0, 0.05) is 22.9 Å². The summed E-state index contributed by atoms with van der Waals surface area (Å²) < 4.78 is 20.1. The SMILES string of the molecule is CCOc1ccc(-c2nc3sc(=Cc4cn(-c5ccccc5)nc4-c4ccc(OC)c(OC)c4)c(=O)n3n2)cc1. The van der Waals surface area contributed by atoms with Crippen LogP contribution in [0.3, 0.4) is 0 Å². The summed E-state index contributed by atoms with van der Waals surface area (Å²) in [5.41, 5.74) is 3.75. The highest BCUT2D eigenvalue weighted by Crippen LogP contribution is 2.33. The molecule has 9 nitrogen and oxygen atoms in total. The minimum Gasteiger partial charge on any atom is -0.494 e. The van der Waals surface area contributed by atoms with E-state index in [1.807, 2.05) is 92.0 Å². The first-order chi connectivity index (χ1) is 19.6. The summed E-state index contributed by atoms with van der Waals surface area (Å²) in [5.74, 6) is 2.47. The molecule has 0 atom stereocenters. The molecule has 3 aromatic heterocycles. The monoisotopic (exact) mass is 551 g/mol. The standard InChI is InChI=1S/C30H25N5O4S/c1-4-39-23-13-10-19(11-14-23)28-31-30-35(33-28)29(36)26(40-30)17-21-18-34(22-8-6-5-7-9-22)32-27(21)20-12-15-24(37-2)25(16-20)38-3/h5-18H,4H2,1-3H3. The van der Waals surface area contributed by atoms with Crippen LogP contribution in [0.15, 0.2) is 83.8 Å². The largest absolute Gasteiger partial charge is 0.494 e. The zero-order valence-electron chi connectivity index (χ0n) is 22.1. The lowest BCUT2D eigenvalue weighted by atomic mass is 10.1. The Morgan fingerprint density at radius 2 is 1.65 bits per heavy atom. The van der Waals surface area contributed by atoms with Gasteiger partial charge in [-0.15, -0.1) is 5.10 Å². The number of nitrogens with zero attached hydrogens (tertiary/aromatic N) is 5. The van der Waals surface area contributed by atoms with Crippen LogP contribution in [0.1, 0.15) is 12.5 Å². The Morgan fingerprint density at radius 3 is 2.35 bits per heavy atom. The molecule has 0 N–H and O–H groups in total. The summed E-state index contributed by atoms with van der Waals surface area (Å²) in [6.07, 6.45) is 3.74. The molecule has 0 unspecified atom stereocenters. The van der Waals surface area contributed by atoms with Gasteiger partial charge in [0.1, 0.15) is 11.4 Å². The minimum atomic E-state index is -0.240. The highest BCUT2D eigenvalue weighted by Gasteiger charge is 2.16. The Balaban J connectivity index is 1.44.